The first kappa shape index (κ1) is 11.7. The molecular weight excluding hydrogens is 190 g/mol. The molecule has 15 heavy (non-hydrogen) atoms. The molecule has 0 aliphatic heterocycles. The third kappa shape index (κ3) is 3.70. The first-order valence-electron chi connectivity index (χ1n) is 5.20. The molecule has 0 spiro atoms. The first-order valence-corrected chi connectivity index (χ1v) is 5.20. The number of hydrogen-bond donors (Lipinski definition) is 1. The topological polar surface area (TPSA) is 41.2 Å². The number of carbonyl (C=O) groups is 1. The maximum atomic E-state index is 10.9. The molecule has 1 aromatic rings. The average Bonchev–Trinajstić information content (AvgIpc) is 2.19. The van der Waals surface area contributed by atoms with Crippen molar-refractivity contribution >= 4 is 5.97 Å². The molecule has 0 aliphatic carbocycles. The summed E-state index contributed by atoms with van der Waals surface area (Å²) in [5.41, 5.74) is -0.616. The molecule has 3 nitrogen and oxygen atoms in total. The van der Waals surface area contributed by atoms with Crippen molar-refractivity contribution < 1.29 is 14.5 Å². The summed E-state index contributed by atoms with van der Waals surface area (Å²) in [5, 5.41) is 8.93. The highest BCUT2D eigenvalue weighted by atomic mass is 16.4. The quantitative estimate of drug-likeness (QED) is 0.750. The fourth-order valence-electron chi connectivity index (χ4n) is 1.39. The zero-order chi connectivity index (χ0) is 11.3. The molecule has 1 N–H and O–H groups in total. The van der Waals surface area contributed by atoms with Crippen molar-refractivity contribution in [3.63, 3.8) is 0 Å². The highest BCUT2D eigenvalue weighted by molar-refractivity contribution is 5.73. The molecule has 0 saturated heterocycles. The molecular formula is C12H18NO2+. The zero-order valence-corrected chi connectivity index (χ0v) is 9.31. The van der Waals surface area contributed by atoms with E-state index in [1.807, 2.05) is 30.6 Å². The van der Waals surface area contributed by atoms with E-state index in [1.165, 1.54) is 0 Å². The summed E-state index contributed by atoms with van der Waals surface area (Å²) < 4.78 is 2.07. The molecule has 0 radical (unpaired) electrons. The maximum Gasteiger partial charge on any atom is 0.309 e. The number of aromatic nitrogens is 1. The van der Waals surface area contributed by atoms with Crippen LogP contribution in [0.3, 0.4) is 0 Å². The van der Waals surface area contributed by atoms with E-state index in [2.05, 4.69) is 4.57 Å². The van der Waals surface area contributed by atoms with Crippen LogP contribution < -0.4 is 4.57 Å². The normalized spacial score (nSPS) is 11.3. The second-order valence-electron chi connectivity index (χ2n) is 4.41. The Morgan fingerprint density at radius 1 is 1.27 bits per heavy atom. The third-order valence-corrected chi connectivity index (χ3v) is 2.57. The molecule has 0 bridgehead atoms. The monoisotopic (exact) mass is 208 g/mol. The van der Waals surface area contributed by atoms with Crippen molar-refractivity contribution in [2.24, 2.45) is 5.41 Å². The van der Waals surface area contributed by atoms with Gasteiger partial charge in [0.2, 0.25) is 0 Å². The lowest BCUT2D eigenvalue weighted by Gasteiger charge is -2.17. The molecule has 0 saturated carbocycles. The highest BCUT2D eigenvalue weighted by Gasteiger charge is 2.26. The Morgan fingerprint density at radius 3 is 2.40 bits per heavy atom. The first-order chi connectivity index (χ1) is 7.02. The lowest BCUT2D eigenvalue weighted by molar-refractivity contribution is -0.697. The van der Waals surface area contributed by atoms with Crippen molar-refractivity contribution in [2.75, 3.05) is 0 Å². The third-order valence-electron chi connectivity index (χ3n) is 2.57. The van der Waals surface area contributed by atoms with Crippen LogP contribution in [-0.2, 0) is 11.3 Å². The molecule has 82 valence electrons. The summed E-state index contributed by atoms with van der Waals surface area (Å²) in [6, 6.07) is 5.92. The minimum Gasteiger partial charge on any atom is -0.481 e. The molecule has 0 fully saturated rings. The maximum absolute atomic E-state index is 10.9. The van der Waals surface area contributed by atoms with Gasteiger partial charge >= 0.3 is 5.97 Å². The van der Waals surface area contributed by atoms with Crippen LogP contribution in [0.15, 0.2) is 30.6 Å². The van der Waals surface area contributed by atoms with Crippen LogP contribution in [0.25, 0.3) is 0 Å². The summed E-state index contributed by atoms with van der Waals surface area (Å²) in [6.07, 6.45) is 5.57. The number of hydrogen-bond acceptors (Lipinski definition) is 1. The summed E-state index contributed by atoms with van der Waals surface area (Å²) in [6.45, 7) is 4.41. The van der Waals surface area contributed by atoms with Crippen LogP contribution in [0.2, 0.25) is 0 Å². The van der Waals surface area contributed by atoms with E-state index < -0.39 is 11.4 Å². The van der Waals surface area contributed by atoms with Crippen molar-refractivity contribution in [3.05, 3.63) is 30.6 Å². The molecule has 1 aromatic heterocycles. The Morgan fingerprint density at radius 2 is 1.87 bits per heavy atom. The Labute approximate surface area is 90.4 Å². The fourth-order valence-corrected chi connectivity index (χ4v) is 1.39. The van der Waals surface area contributed by atoms with Gasteiger partial charge in [-0.05, 0) is 20.3 Å². The Bertz CT molecular complexity index is 320. The predicted molar refractivity (Wildman–Crippen MR) is 57.3 cm³/mol. The minimum atomic E-state index is -0.722. The largest absolute Gasteiger partial charge is 0.481 e. The van der Waals surface area contributed by atoms with E-state index in [9.17, 15) is 4.79 Å². The number of pyridine rings is 1. The van der Waals surface area contributed by atoms with Crippen molar-refractivity contribution in [1.29, 1.82) is 0 Å². The van der Waals surface area contributed by atoms with Crippen molar-refractivity contribution in [3.8, 4) is 0 Å². The summed E-state index contributed by atoms with van der Waals surface area (Å²) in [7, 11) is 0. The Kier molecular flexibility index (Phi) is 3.83. The second-order valence-corrected chi connectivity index (χ2v) is 4.41. The van der Waals surface area contributed by atoms with Gasteiger partial charge < -0.3 is 5.11 Å². The van der Waals surface area contributed by atoms with Gasteiger partial charge in [0.25, 0.3) is 0 Å². The average molecular weight is 208 g/mol. The van der Waals surface area contributed by atoms with Crippen molar-refractivity contribution in [1.82, 2.24) is 0 Å². The lowest BCUT2D eigenvalue weighted by Crippen LogP contribution is -2.33. The molecule has 0 aliphatic rings. The molecule has 0 aromatic carbocycles. The van der Waals surface area contributed by atoms with Crippen LogP contribution in [0, 0.1) is 5.41 Å². The summed E-state index contributed by atoms with van der Waals surface area (Å²) in [4.78, 5) is 10.9. The summed E-state index contributed by atoms with van der Waals surface area (Å²) >= 11 is 0. The molecule has 1 heterocycles. The van der Waals surface area contributed by atoms with Crippen LogP contribution in [0.1, 0.15) is 26.7 Å². The fraction of sp³-hybridized carbons (Fsp3) is 0.500. The van der Waals surface area contributed by atoms with Gasteiger partial charge in [0.05, 0.1) is 5.41 Å². The highest BCUT2D eigenvalue weighted by Crippen LogP contribution is 2.21. The predicted octanol–water partition coefficient (Wildman–Crippen LogP) is 1.87. The van der Waals surface area contributed by atoms with E-state index in [4.69, 9.17) is 5.11 Å². The number of nitrogens with zero attached hydrogens (tertiary/aromatic N) is 1. The molecule has 0 unspecified atom stereocenters. The number of carboxylic acids is 1. The van der Waals surface area contributed by atoms with Crippen LogP contribution in [0.5, 0.6) is 0 Å². The number of aryl methyl sites for hydroxylation is 1. The standard InChI is InChI=1S/C12H17NO2/c1-12(2,11(14)15)7-6-10-13-8-4-3-5-9-13/h3-5,8-9H,6-7,10H2,1-2H3/p+1. The molecule has 0 amide bonds. The molecule has 0 atom stereocenters. The SMILES string of the molecule is CC(C)(CCC[n+]1ccccc1)C(=O)O. The van der Waals surface area contributed by atoms with E-state index in [-0.39, 0.29) is 0 Å². The lowest BCUT2D eigenvalue weighted by atomic mass is 9.88. The van der Waals surface area contributed by atoms with E-state index in [0.29, 0.717) is 6.42 Å². The smallest absolute Gasteiger partial charge is 0.309 e. The zero-order valence-electron chi connectivity index (χ0n) is 9.31. The van der Waals surface area contributed by atoms with E-state index in [1.54, 1.807) is 13.8 Å². The van der Waals surface area contributed by atoms with Crippen LogP contribution in [-0.4, -0.2) is 11.1 Å². The van der Waals surface area contributed by atoms with E-state index in [0.717, 1.165) is 13.0 Å². The number of rotatable bonds is 5. The van der Waals surface area contributed by atoms with Gasteiger partial charge in [-0.25, -0.2) is 4.57 Å². The van der Waals surface area contributed by atoms with Gasteiger partial charge in [-0.3, -0.25) is 4.79 Å². The van der Waals surface area contributed by atoms with Crippen LogP contribution in [0.4, 0.5) is 0 Å². The van der Waals surface area contributed by atoms with Gasteiger partial charge in [0, 0.05) is 18.6 Å². The molecule has 1 rings (SSSR count). The van der Waals surface area contributed by atoms with Crippen LogP contribution >= 0.6 is 0 Å². The van der Waals surface area contributed by atoms with Gasteiger partial charge in [-0.1, -0.05) is 6.07 Å². The van der Waals surface area contributed by atoms with Gasteiger partial charge in [-0.2, -0.15) is 0 Å². The van der Waals surface area contributed by atoms with Crippen molar-refractivity contribution in [2.45, 2.75) is 33.2 Å². The molecule has 3 heteroatoms. The second kappa shape index (κ2) is 4.91. The van der Waals surface area contributed by atoms with Gasteiger partial charge in [0.1, 0.15) is 6.54 Å². The van der Waals surface area contributed by atoms with Gasteiger partial charge in [-0.15, -0.1) is 0 Å². The Balaban J connectivity index is 2.37. The minimum absolute atomic E-state index is 0.616. The van der Waals surface area contributed by atoms with E-state index >= 15 is 0 Å². The van der Waals surface area contributed by atoms with Gasteiger partial charge in [0.15, 0.2) is 12.4 Å². The number of aliphatic carboxylic acids is 1. The Hall–Kier alpha value is -1.38. The summed E-state index contributed by atoms with van der Waals surface area (Å²) in [5.74, 6) is -0.722. The number of carboxylic acid groups (broad SMARTS) is 1.